The Morgan fingerprint density at radius 2 is 2.00 bits per heavy atom. The average Bonchev–Trinajstić information content (AvgIpc) is 2.46. The molecule has 0 radical (unpaired) electrons. The summed E-state index contributed by atoms with van der Waals surface area (Å²) < 4.78 is 11.3. The lowest BCUT2D eigenvalue weighted by Crippen LogP contribution is -2.07. The smallest absolute Gasteiger partial charge is 0.164 e. The number of rotatable bonds is 6. The molecule has 0 spiro atoms. The second-order valence-corrected chi connectivity index (χ2v) is 5.35. The summed E-state index contributed by atoms with van der Waals surface area (Å²) in [6.45, 7) is 3.08. The Labute approximate surface area is 130 Å². The summed E-state index contributed by atoms with van der Waals surface area (Å²) in [6.07, 6.45) is 0.695. The first-order valence-corrected chi connectivity index (χ1v) is 7.26. The fourth-order valence-corrected chi connectivity index (χ4v) is 2.47. The molecule has 3 nitrogen and oxygen atoms in total. The molecule has 0 amide bonds. The highest BCUT2D eigenvalue weighted by atomic mass is 35.5. The van der Waals surface area contributed by atoms with Crippen LogP contribution in [0.2, 0.25) is 5.02 Å². The third-order valence-corrected chi connectivity index (χ3v) is 3.41. The first kappa shape index (κ1) is 15.7. The minimum atomic E-state index is 0.483. The summed E-state index contributed by atoms with van der Waals surface area (Å²) in [4.78, 5) is 0. The van der Waals surface area contributed by atoms with Gasteiger partial charge in [0, 0.05) is 16.7 Å². The van der Waals surface area contributed by atoms with E-state index >= 15 is 0 Å². The molecule has 0 aliphatic rings. The Morgan fingerprint density at radius 3 is 2.67 bits per heavy atom. The van der Waals surface area contributed by atoms with Gasteiger partial charge in [-0.05, 0) is 31.5 Å². The number of aryl methyl sites for hydroxylation is 1. The lowest BCUT2D eigenvalue weighted by atomic mass is 10.1. The van der Waals surface area contributed by atoms with E-state index in [4.69, 9.17) is 26.8 Å². The van der Waals surface area contributed by atoms with Crippen LogP contribution in [0.15, 0.2) is 36.4 Å². The van der Waals surface area contributed by atoms with Crippen LogP contribution in [0.1, 0.15) is 16.7 Å². The van der Waals surface area contributed by atoms with Crippen LogP contribution >= 0.6 is 11.6 Å². The van der Waals surface area contributed by atoms with Crippen molar-refractivity contribution in [2.75, 3.05) is 13.7 Å². The molecule has 0 bridgehead atoms. The van der Waals surface area contributed by atoms with Crippen LogP contribution in [0.5, 0.6) is 11.5 Å². The van der Waals surface area contributed by atoms with Crippen molar-refractivity contribution in [3.63, 3.8) is 0 Å². The first-order chi connectivity index (χ1) is 10.1. The molecule has 112 valence electrons. The largest absolute Gasteiger partial charge is 0.493 e. The number of benzene rings is 2. The van der Waals surface area contributed by atoms with E-state index in [1.807, 2.05) is 18.2 Å². The molecule has 0 unspecified atom stereocenters. The summed E-state index contributed by atoms with van der Waals surface area (Å²) in [5, 5.41) is 0.623. The van der Waals surface area contributed by atoms with Gasteiger partial charge in [-0.1, -0.05) is 41.4 Å². The van der Waals surface area contributed by atoms with Gasteiger partial charge in [0.25, 0.3) is 0 Å². The van der Waals surface area contributed by atoms with Crippen molar-refractivity contribution >= 4 is 11.6 Å². The van der Waals surface area contributed by atoms with Gasteiger partial charge in [0.05, 0.1) is 7.11 Å². The number of halogens is 1. The van der Waals surface area contributed by atoms with E-state index in [1.165, 1.54) is 5.56 Å². The van der Waals surface area contributed by atoms with Crippen molar-refractivity contribution in [3.05, 3.63) is 58.1 Å². The molecule has 0 aliphatic carbocycles. The van der Waals surface area contributed by atoms with Crippen LogP contribution in [0.3, 0.4) is 0 Å². The van der Waals surface area contributed by atoms with E-state index in [0.717, 1.165) is 11.1 Å². The number of hydrogen-bond acceptors (Lipinski definition) is 3. The molecule has 2 N–H and O–H groups in total. The number of methoxy groups -OCH3 is 1. The van der Waals surface area contributed by atoms with Crippen LogP contribution in [-0.4, -0.2) is 13.7 Å². The molecule has 4 heteroatoms. The summed E-state index contributed by atoms with van der Waals surface area (Å²) in [7, 11) is 1.61. The van der Waals surface area contributed by atoms with Crippen molar-refractivity contribution in [3.8, 4) is 11.5 Å². The van der Waals surface area contributed by atoms with Gasteiger partial charge >= 0.3 is 0 Å². The standard InChI is InChI=1S/C17H20ClNO2/c1-12-4-3-5-13(8-12)11-21-17-14(6-7-19)9-15(18)10-16(17)20-2/h3-5,8-10H,6-7,11,19H2,1-2H3. The van der Waals surface area contributed by atoms with Gasteiger partial charge in [-0.15, -0.1) is 0 Å². The molecule has 0 aromatic heterocycles. The first-order valence-electron chi connectivity index (χ1n) is 6.89. The van der Waals surface area contributed by atoms with E-state index < -0.39 is 0 Å². The monoisotopic (exact) mass is 305 g/mol. The minimum Gasteiger partial charge on any atom is -0.493 e. The van der Waals surface area contributed by atoms with Gasteiger partial charge in [0.1, 0.15) is 6.61 Å². The summed E-state index contributed by atoms with van der Waals surface area (Å²) in [5.74, 6) is 1.35. The highest BCUT2D eigenvalue weighted by Gasteiger charge is 2.12. The van der Waals surface area contributed by atoms with Crippen molar-refractivity contribution in [2.45, 2.75) is 20.0 Å². The molecule has 0 aliphatic heterocycles. The summed E-state index contributed by atoms with van der Waals surface area (Å²) >= 11 is 6.10. The number of hydrogen-bond donors (Lipinski definition) is 1. The molecule has 2 aromatic carbocycles. The quantitative estimate of drug-likeness (QED) is 0.884. The van der Waals surface area contributed by atoms with Crippen molar-refractivity contribution in [1.82, 2.24) is 0 Å². The topological polar surface area (TPSA) is 44.5 Å². The van der Waals surface area contributed by atoms with Crippen molar-refractivity contribution in [1.29, 1.82) is 0 Å². The molecule has 21 heavy (non-hydrogen) atoms. The fraction of sp³-hybridized carbons (Fsp3) is 0.294. The normalized spacial score (nSPS) is 10.5. The predicted molar refractivity (Wildman–Crippen MR) is 86.3 cm³/mol. The Bertz CT molecular complexity index is 614. The van der Waals surface area contributed by atoms with Gasteiger partial charge in [0.15, 0.2) is 11.5 Å². The zero-order chi connectivity index (χ0) is 15.2. The molecule has 0 atom stereocenters. The van der Waals surface area contributed by atoms with Crippen molar-refractivity contribution in [2.24, 2.45) is 5.73 Å². The van der Waals surface area contributed by atoms with Crippen LogP contribution in [0.4, 0.5) is 0 Å². The molecular formula is C17H20ClNO2. The van der Waals surface area contributed by atoms with Gasteiger partial charge < -0.3 is 15.2 Å². The fourth-order valence-electron chi connectivity index (χ4n) is 2.24. The molecule has 0 saturated heterocycles. The van der Waals surface area contributed by atoms with E-state index in [9.17, 15) is 0 Å². The third-order valence-electron chi connectivity index (χ3n) is 3.20. The maximum atomic E-state index is 6.10. The van der Waals surface area contributed by atoms with Gasteiger partial charge in [-0.25, -0.2) is 0 Å². The Morgan fingerprint density at radius 1 is 1.19 bits per heavy atom. The van der Waals surface area contributed by atoms with Crippen LogP contribution in [-0.2, 0) is 13.0 Å². The van der Waals surface area contributed by atoms with Gasteiger partial charge in [0.2, 0.25) is 0 Å². The maximum Gasteiger partial charge on any atom is 0.164 e. The minimum absolute atomic E-state index is 0.483. The molecule has 0 heterocycles. The van der Waals surface area contributed by atoms with Gasteiger partial charge in [-0.2, -0.15) is 0 Å². The zero-order valence-corrected chi connectivity index (χ0v) is 13.1. The molecular weight excluding hydrogens is 286 g/mol. The van der Waals surface area contributed by atoms with E-state index in [1.54, 1.807) is 13.2 Å². The van der Waals surface area contributed by atoms with Gasteiger partial charge in [-0.3, -0.25) is 0 Å². The van der Waals surface area contributed by atoms with Crippen molar-refractivity contribution < 1.29 is 9.47 Å². The van der Waals surface area contributed by atoms with Crippen LogP contribution in [0.25, 0.3) is 0 Å². The summed E-state index contributed by atoms with van der Waals surface area (Å²) in [6, 6.07) is 11.9. The summed E-state index contributed by atoms with van der Waals surface area (Å²) in [5.41, 5.74) is 8.95. The molecule has 2 rings (SSSR count). The Balaban J connectivity index is 2.25. The SMILES string of the molecule is COc1cc(Cl)cc(CCN)c1OCc1cccc(C)c1. The van der Waals surface area contributed by atoms with Crippen LogP contribution < -0.4 is 15.2 Å². The van der Waals surface area contributed by atoms with E-state index in [2.05, 4.69) is 19.1 Å². The number of ether oxygens (including phenoxy) is 2. The molecule has 0 fully saturated rings. The lowest BCUT2D eigenvalue weighted by molar-refractivity contribution is 0.281. The second-order valence-electron chi connectivity index (χ2n) is 4.91. The predicted octanol–water partition coefficient (Wildman–Crippen LogP) is 3.74. The zero-order valence-electron chi connectivity index (χ0n) is 12.4. The van der Waals surface area contributed by atoms with E-state index in [-0.39, 0.29) is 0 Å². The lowest BCUT2D eigenvalue weighted by Gasteiger charge is -2.16. The number of nitrogens with two attached hydrogens (primary N) is 1. The molecule has 2 aromatic rings. The highest BCUT2D eigenvalue weighted by molar-refractivity contribution is 6.30. The Hall–Kier alpha value is -1.71. The van der Waals surface area contributed by atoms with E-state index in [0.29, 0.717) is 36.1 Å². The maximum absolute atomic E-state index is 6.10. The van der Waals surface area contributed by atoms with Crippen LogP contribution in [0, 0.1) is 6.92 Å². The second kappa shape index (κ2) is 7.34. The Kier molecular flexibility index (Phi) is 5.48. The molecule has 0 saturated carbocycles. The highest BCUT2D eigenvalue weighted by Crippen LogP contribution is 2.35. The average molecular weight is 306 g/mol. The third kappa shape index (κ3) is 4.13.